The maximum absolute atomic E-state index is 8.95. The average molecular weight is 190 g/mol. The van der Waals surface area contributed by atoms with Gasteiger partial charge in [-0.05, 0) is 19.9 Å². The molecule has 1 aromatic heterocycles. The standard InChI is InChI=1S/C10H14N4/c1-7-5-10(13-14(3)4)9(6-11)8(2)12-7/h5H,1-4H3,(H,12,13). The van der Waals surface area contributed by atoms with E-state index in [4.69, 9.17) is 5.26 Å². The molecule has 0 aromatic carbocycles. The van der Waals surface area contributed by atoms with Crippen LogP contribution in [0.3, 0.4) is 0 Å². The fourth-order valence-electron chi connectivity index (χ4n) is 1.30. The molecule has 0 aliphatic carbocycles. The van der Waals surface area contributed by atoms with Gasteiger partial charge in [-0.3, -0.25) is 4.98 Å². The molecule has 0 unspecified atom stereocenters. The molecule has 1 heterocycles. The highest BCUT2D eigenvalue weighted by Crippen LogP contribution is 2.18. The van der Waals surface area contributed by atoms with Gasteiger partial charge in [0.2, 0.25) is 0 Å². The first-order valence-electron chi connectivity index (χ1n) is 4.37. The van der Waals surface area contributed by atoms with Crippen molar-refractivity contribution in [2.24, 2.45) is 0 Å². The zero-order valence-electron chi connectivity index (χ0n) is 8.92. The van der Waals surface area contributed by atoms with Gasteiger partial charge < -0.3 is 5.43 Å². The number of nitrogens with zero attached hydrogens (tertiary/aromatic N) is 3. The second-order valence-electron chi connectivity index (χ2n) is 3.39. The SMILES string of the molecule is Cc1cc(NN(C)C)c(C#N)c(C)n1. The summed E-state index contributed by atoms with van der Waals surface area (Å²) in [5.41, 5.74) is 6.16. The van der Waals surface area contributed by atoms with E-state index < -0.39 is 0 Å². The lowest BCUT2D eigenvalue weighted by Gasteiger charge is -2.15. The topological polar surface area (TPSA) is 52.0 Å². The number of hydrazine groups is 1. The van der Waals surface area contributed by atoms with E-state index in [0.29, 0.717) is 5.56 Å². The number of aryl methyl sites for hydroxylation is 2. The van der Waals surface area contributed by atoms with Crippen LogP contribution in [0.25, 0.3) is 0 Å². The second-order valence-corrected chi connectivity index (χ2v) is 3.39. The van der Waals surface area contributed by atoms with Crippen molar-refractivity contribution in [2.75, 3.05) is 19.5 Å². The lowest BCUT2D eigenvalue weighted by atomic mass is 10.1. The number of pyridine rings is 1. The molecule has 0 atom stereocenters. The molecule has 4 heteroatoms. The lowest BCUT2D eigenvalue weighted by molar-refractivity contribution is 0.495. The molecule has 1 N–H and O–H groups in total. The predicted molar refractivity (Wildman–Crippen MR) is 55.7 cm³/mol. The van der Waals surface area contributed by atoms with Crippen LogP contribution < -0.4 is 5.43 Å². The molecule has 0 radical (unpaired) electrons. The third-order valence-electron chi connectivity index (χ3n) is 1.78. The summed E-state index contributed by atoms with van der Waals surface area (Å²) < 4.78 is 0. The van der Waals surface area contributed by atoms with Crippen LogP contribution in [0.5, 0.6) is 0 Å². The molecule has 1 aromatic rings. The van der Waals surface area contributed by atoms with Crippen molar-refractivity contribution in [1.82, 2.24) is 9.99 Å². The molecular formula is C10H14N4. The number of anilines is 1. The number of rotatable bonds is 2. The van der Waals surface area contributed by atoms with E-state index in [9.17, 15) is 0 Å². The Hall–Kier alpha value is -1.60. The fourth-order valence-corrected chi connectivity index (χ4v) is 1.30. The summed E-state index contributed by atoms with van der Waals surface area (Å²) in [4.78, 5) is 4.23. The van der Waals surface area contributed by atoms with Crippen LogP contribution in [0.1, 0.15) is 17.0 Å². The molecule has 14 heavy (non-hydrogen) atoms. The molecule has 0 aliphatic heterocycles. The van der Waals surface area contributed by atoms with Crippen LogP contribution in [0.15, 0.2) is 6.07 Å². The summed E-state index contributed by atoms with van der Waals surface area (Å²) in [6.45, 7) is 3.75. The Morgan fingerprint density at radius 1 is 1.43 bits per heavy atom. The summed E-state index contributed by atoms with van der Waals surface area (Å²) in [5.74, 6) is 0. The molecule has 0 saturated heterocycles. The third-order valence-corrected chi connectivity index (χ3v) is 1.78. The minimum Gasteiger partial charge on any atom is -0.318 e. The first-order chi connectivity index (χ1) is 6.54. The molecule has 0 fully saturated rings. The van der Waals surface area contributed by atoms with E-state index in [0.717, 1.165) is 17.1 Å². The largest absolute Gasteiger partial charge is 0.318 e. The van der Waals surface area contributed by atoms with E-state index in [1.807, 2.05) is 34.0 Å². The van der Waals surface area contributed by atoms with E-state index in [1.54, 1.807) is 5.01 Å². The summed E-state index contributed by atoms with van der Waals surface area (Å²) >= 11 is 0. The van der Waals surface area contributed by atoms with E-state index in [1.165, 1.54) is 0 Å². The summed E-state index contributed by atoms with van der Waals surface area (Å²) in [6.07, 6.45) is 0. The highest BCUT2D eigenvalue weighted by molar-refractivity contribution is 5.59. The van der Waals surface area contributed by atoms with Gasteiger partial charge in [-0.25, -0.2) is 5.01 Å². The van der Waals surface area contributed by atoms with Crippen molar-refractivity contribution in [1.29, 1.82) is 5.26 Å². The van der Waals surface area contributed by atoms with Gasteiger partial charge in [0.1, 0.15) is 6.07 Å². The predicted octanol–water partition coefficient (Wildman–Crippen LogP) is 1.46. The molecule has 74 valence electrons. The molecule has 0 bridgehead atoms. The zero-order valence-corrected chi connectivity index (χ0v) is 8.92. The fraction of sp³-hybridized carbons (Fsp3) is 0.400. The van der Waals surface area contributed by atoms with Gasteiger partial charge in [0, 0.05) is 19.8 Å². The number of nitrogens with one attached hydrogen (secondary N) is 1. The summed E-state index contributed by atoms with van der Waals surface area (Å²) in [6, 6.07) is 4.01. The Morgan fingerprint density at radius 2 is 2.07 bits per heavy atom. The van der Waals surface area contributed by atoms with Gasteiger partial charge in [-0.15, -0.1) is 0 Å². The van der Waals surface area contributed by atoms with Crippen molar-refractivity contribution < 1.29 is 0 Å². The minimum atomic E-state index is 0.601. The van der Waals surface area contributed by atoms with Gasteiger partial charge in [0.15, 0.2) is 0 Å². The quantitative estimate of drug-likeness (QED) is 0.717. The third kappa shape index (κ3) is 2.21. The first-order valence-corrected chi connectivity index (χ1v) is 4.37. The van der Waals surface area contributed by atoms with Crippen LogP contribution in [-0.4, -0.2) is 24.1 Å². The van der Waals surface area contributed by atoms with Crippen LogP contribution >= 0.6 is 0 Å². The number of hydrogen-bond acceptors (Lipinski definition) is 4. The van der Waals surface area contributed by atoms with Crippen LogP contribution in [0, 0.1) is 25.2 Å². The van der Waals surface area contributed by atoms with Crippen molar-refractivity contribution in [3.05, 3.63) is 23.0 Å². The maximum Gasteiger partial charge on any atom is 0.103 e. The van der Waals surface area contributed by atoms with Gasteiger partial charge in [-0.1, -0.05) is 0 Å². The van der Waals surface area contributed by atoms with Gasteiger partial charge in [-0.2, -0.15) is 5.26 Å². The summed E-state index contributed by atoms with van der Waals surface area (Å²) in [5, 5.41) is 10.8. The normalized spacial score (nSPS) is 10.0. The van der Waals surface area contributed by atoms with Crippen LogP contribution in [0.4, 0.5) is 5.69 Å². The van der Waals surface area contributed by atoms with E-state index in [2.05, 4.69) is 16.5 Å². The Bertz CT molecular complexity index is 376. The molecule has 0 spiro atoms. The molecule has 0 saturated carbocycles. The Morgan fingerprint density at radius 3 is 2.57 bits per heavy atom. The number of aromatic nitrogens is 1. The Labute approximate surface area is 84.1 Å². The highest BCUT2D eigenvalue weighted by Gasteiger charge is 2.07. The van der Waals surface area contributed by atoms with Crippen molar-refractivity contribution in [2.45, 2.75) is 13.8 Å². The molecule has 1 rings (SSSR count). The smallest absolute Gasteiger partial charge is 0.103 e. The number of hydrogen-bond donors (Lipinski definition) is 1. The zero-order chi connectivity index (χ0) is 10.7. The Balaban J connectivity index is 3.20. The molecule has 4 nitrogen and oxygen atoms in total. The first kappa shape index (κ1) is 10.5. The van der Waals surface area contributed by atoms with Gasteiger partial charge in [0.25, 0.3) is 0 Å². The molecule has 0 aliphatic rings. The van der Waals surface area contributed by atoms with Crippen LogP contribution in [-0.2, 0) is 0 Å². The molecule has 0 amide bonds. The van der Waals surface area contributed by atoms with Crippen molar-refractivity contribution in [3.63, 3.8) is 0 Å². The summed E-state index contributed by atoms with van der Waals surface area (Å²) in [7, 11) is 3.76. The highest BCUT2D eigenvalue weighted by atomic mass is 15.5. The van der Waals surface area contributed by atoms with Crippen molar-refractivity contribution >= 4 is 5.69 Å². The van der Waals surface area contributed by atoms with Crippen molar-refractivity contribution in [3.8, 4) is 6.07 Å². The monoisotopic (exact) mass is 190 g/mol. The van der Waals surface area contributed by atoms with Gasteiger partial charge >= 0.3 is 0 Å². The maximum atomic E-state index is 8.95. The lowest BCUT2D eigenvalue weighted by Crippen LogP contribution is -2.20. The minimum absolute atomic E-state index is 0.601. The Kier molecular flexibility index (Phi) is 3.05. The van der Waals surface area contributed by atoms with E-state index >= 15 is 0 Å². The number of nitriles is 1. The van der Waals surface area contributed by atoms with E-state index in [-0.39, 0.29) is 0 Å². The van der Waals surface area contributed by atoms with Gasteiger partial charge in [0.05, 0.1) is 16.9 Å². The van der Waals surface area contributed by atoms with Crippen LogP contribution in [0.2, 0.25) is 0 Å². The molecular weight excluding hydrogens is 176 g/mol. The average Bonchev–Trinajstić information content (AvgIpc) is 2.01. The second kappa shape index (κ2) is 4.07.